The number of nitrogens with one attached hydrogen (secondary N) is 2. The Hall–Kier alpha value is -3.74. The molecular formula is C22H22N4O3. The Morgan fingerprint density at radius 2 is 1.86 bits per heavy atom. The van der Waals surface area contributed by atoms with Crippen LogP contribution in [0.1, 0.15) is 32.0 Å². The van der Waals surface area contributed by atoms with Crippen LogP contribution in [0, 0.1) is 0 Å². The van der Waals surface area contributed by atoms with Gasteiger partial charge in [-0.3, -0.25) is 19.6 Å². The van der Waals surface area contributed by atoms with Crippen LogP contribution in [0.2, 0.25) is 0 Å². The average Bonchev–Trinajstić information content (AvgIpc) is 2.78. The van der Waals surface area contributed by atoms with E-state index in [1.165, 1.54) is 12.3 Å². The lowest BCUT2D eigenvalue weighted by Crippen LogP contribution is -2.27. The summed E-state index contributed by atoms with van der Waals surface area (Å²) in [6.07, 6.45) is 5.44. The third-order valence-corrected chi connectivity index (χ3v) is 4.30. The number of para-hydroxylation sites is 1. The fourth-order valence-electron chi connectivity index (χ4n) is 2.79. The van der Waals surface area contributed by atoms with Crippen molar-refractivity contribution < 1.29 is 14.3 Å². The first kappa shape index (κ1) is 20.0. The maximum absolute atomic E-state index is 12.4. The van der Waals surface area contributed by atoms with Gasteiger partial charge >= 0.3 is 0 Å². The molecule has 0 spiro atoms. The fraction of sp³-hybridized carbons (Fsp3) is 0.182. The number of nitrogens with zero attached hydrogens (tertiary/aromatic N) is 2. The molecule has 148 valence electrons. The van der Waals surface area contributed by atoms with Gasteiger partial charge in [-0.05, 0) is 41.8 Å². The summed E-state index contributed by atoms with van der Waals surface area (Å²) in [6.45, 7) is 0.785. The summed E-state index contributed by atoms with van der Waals surface area (Å²) in [4.78, 5) is 32.8. The van der Waals surface area contributed by atoms with Gasteiger partial charge in [-0.15, -0.1) is 0 Å². The number of carbonyl (C=O) groups is 2. The van der Waals surface area contributed by atoms with E-state index >= 15 is 0 Å². The van der Waals surface area contributed by atoms with Crippen LogP contribution in [0.5, 0.6) is 5.75 Å². The summed E-state index contributed by atoms with van der Waals surface area (Å²) >= 11 is 0. The molecule has 2 amide bonds. The number of methoxy groups -OCH3 is 1. The molecule has 2 N–H and O–H groups in total. The van der Waals surface area contributed by atoms with Crippen LogP contribution < -0.4 is 15.4 Å². The monoisotopic (exact) mass is 390 g/mol. The minimum absolute atomic E-state index is 0.186. The van der Waals surface area contributed by atoms with Crippen molar-refractivity contribution in [2.75, 3.05) is 13.7 Å². The van der Waals surface area contributed by atoms with E-state index < -0.39 is 0 Å². The summed E-state index contributed by atoms with van der Waals surface area (Å²) in [5.41, 5.74) is 2.46. The van der Waals surface area contributed by atoms with Crippen LogP contribution in [0.25, 0.3) is 0 Å². The summed E-state index contributed by atoms with van der Waals surface area (Å²) in [6, 6.07) is 14.4. The van der Waals surface area contributed by atoms with Crippen molar-refractivity contribution in [3.05, 3.63) is 89.5 Å². The third kappa shape index (κ3) is 5.62. The first-order valence-corrected chi connectivity index (χ1v) is 9.20. The number of pyridine rings is 2. The van der Waals surface area contributed by atoms with Gasteiger partial charge in [-0.1, -0.05) is 24.3 Å². The quantitative estimate of drug-likeness (QED) is 0.616. The summed E-state index contributed by atoms with van der Waals surface area (Å²) < 4.78 is 5.32. The normalized spacial score (nSPS) is 10.2. The number of ether oxygens (including phenoxy) is 1. The van der Waals surface area contributed by atoms with Gasteiger partial charge in [-0.2, -0.15) is 0 Å². The molecule has 0 aliphatic carbocycles. The van der Waals surface area contributed by atoms with Crippen molar-refractivity contribution in [1.82, 2.24) is 20.6 Å². The zero-order valence-electron chi connectivity index (χ0n) is 16.1. The van der Waals surface area contributed by atoms with Crippen LogP contribution in [-0.2, 0) is 13.0 Å². The van der Waals surface area contributed by atoms with Gasteiger partial charge in [0, 0.05) is 37.2 Å². The van der Waals surface area contributed by atoms with E-state index in [1.54, 1.807) is 31.6 Å². The van der Waals surface area contributed by atoms with Crippen LogP contribution in [-0.4, -0.2) is 35.4 Å². The molecule has 0 atom stereocenters. The zero-order chi connectivity index (χ0) is 20.5. The molecule has 0 saturated carbocycles. The molecule has 3 rings (SSSR count). The highest BCUT2D eigenvalue weighted by Crippen LogP contribution is 2.17. The number of rotatable bonds is 8. The van der Waals surface area contributed by atoms with E-state index in [2.05, 4.69) is 20.6 Å². The van der Waals surface area contributed by atoms with Crippen molar-refractivity contribution >= 4 is 11.8 Å². The molecule has 7 nitrogen and oxygen atoms in total. The Labute approximate surface area is 169 Å². The topological polar surface area (TPSA) is 93.2 Å². The number of aromatic nitrogens is 2. The Bertz CT molecular complexity index is 977. The predicted molar refractivity (Wildman–Crippen MR) is 109 cm³/mol. The van der Waals surface area contributed by atoms with Gasteiger partial charge in [0.25, 0.3) is 11.8 Å². The summed E-state index contributed by atoms with van der Waals surface area (Å²) in [7, 11) is 1.62. The van der Waals surface area contributed by atoms with Crippen molar-refractivity contribution in [2.45, 2.75) is 13.0 Å². The second-order valence-corrected chi connectivity index (χ2v) is 6.29. The number of benzene rings is 1. The van der Waals surface area contributed by atoms with Gasteiger partial charge < -0.3 is 15.4 Å². The Morgan fingerprint density at radius 3 is 2.66 bits per heavy atom. The summed E-state index contributed by atoms with van der Waals surface area (Å²) in [5, 5.41) is 5.63. The highest BCUT2D eigenvalue weighted by atomic mass is 16.5. The van der Waals surface area contributed by atoms with E-state index in [0.717, 1.165) is 16.9 Å². The van der Waals surface area contributed by atoms with E-state index in [9.17, 15) is 9.59 Å². The fourth-order valence-corrected chi connectivity index (χ4v) is 2.79. The lowest BCUT2D eigenvalue weighted by atomic mass is 10.1. The van der Waals surface area contributed by atoms with Crippen molar-refractivity contribution in [3.63, 3.8) is 0 Å². The first-order valence-electron chi connectivity index (χ1n) is 9.20. The van der Waals surface area contributed by atoms with Gasteiger partial charge in [0.05, 0.1) is 7.11 Å². The lowest BCUT2D eigenvalue weighted by molar-refractivity contribution is 0.0946. The minimum Gasteiger partial charge on any atom is -0.496 e. The van der Waals surface area contributed by atoms with Crippen molar-refractivity contribution in [3.8, 4) is 5.75 Å². The number of amides is 2. The Balaban J connectivity index is 1.55. The van der Waals surface area contributed by atoms with Crippen LogP contribution in [0.4, 0.5) is 0 Å². The number of carbonyl (C=O) groups excluding carboxylic acids is 2. The van der Waals surface area contributed by atoms with Crippen LogP contribution >= 0.6 is 0 Å². The van der Waals surface area contributed by atoms with Gasteiger partial charge in [0.1, 0.15) is 11.4 Å². The largest absolute Gasteiger partial charge is 0.496 e. The number of hydrogen-bond donors (Lipinski definition) is 2. The van der Waals surface area contributed by atoms with E-state index in [0.29, 0.717) is 25.1 Å². The third-order valence-electron chi connectivity index (χ3n) is 4.30. The second kappa shape index (κ2) is 9.98. The maximum atomic E-state index is 12.4. The first-order chi connectivity index (χ1) is 14.2. The summed E-state index contributed by atoms with van der Waals surface area (Å²) in [5.74, 6) is 0.180. The van der Waals surface area contributed by atoms with E-state index in [1.807, 2.05) is 30.3 Å². The molecular weight excluding hydrogens is 368 g/mol. The van der Waals surface area contributed by atoms with Gasteiger partial charge in [0.2, 0.25) is 0 Å². The molecule has 1 aromatic carbocycles. The molecule has 0 radical (unpaired) electrons. The number of hydrogen-bond acceptors (Lipinski definition) is 5. The molecule has 7 heteroatoms. The lowest BCUT2D eigenvalue weighted by Gasteiger charge is -2.10. The molecule has 0 unspecified atom stereocenters. The molecule has 0 saturated heterocycles. The molecule has 0 aliphatic heterocycles. The van der Waals surface area contributed by atoms with E-state index in [-0.39, 0.29) is 17.5 Å². The Morgan fingerprint density at radius 1 is 1.00 bits per heavy atom. The van der Waals surface area contributed by atoms with Crippen LogP contribution in [0.15, 0.2) is 67.1 Å². The van der Waals surface area contributed by atoms with Gasteiger partial charge in [-0.25, -0.2) is 0 Å². The molecule has 29 heavy (non-hydrogen) atoms. The SMILES string of the molecule is COc1ccccc1CCNC(=O)c1ccnc(C(=O)NCc2cccnc2)c1. The molecule has 0 aliphatic rings. The van der Waals surface area contributed by atoms with E-state index in [4.69, 9.17) is 4.74 Å². The minimum atomic E-state index is -0.350. The average molecular weight is 390 g/mol. The van der Waals surface area contributed by atoms with Crippen molar-refractivity contribution in [2.24, 2.45) is 0 Å². The standard InChI is InChI=1S/C22H22N4O3/c1-29-20-7-3-2-6-17(20)8-12-25-21(27)18-9-11-24-19(13-18)22(28)26-15-16-5-4-10-23-14-16/h2-7,9-11,13-14H,8,12,15H2,1H3,(H,25,27)(H,26,28). The molecule has 2 heterocycles. The zero-order valence-corrected chi connectivity index (χ0v) is 16.1. The molecule has 3 aromatic rings. The molecule has 0 bridgehead atoms. The Kier molecular flexibility index (Phi) is 6.89. The van der Waals surface area contributed by atoms with Crippen LogP contribution in [0.3, 0.4) is 0 Å². The maximum Gasteiger partial charge on any atom is 0.270 e. The van der Waals surface area contributed by atoms with Crippen molar-refractivity contribution in [1.29, 1.82) is 0 Å². The second-order valence-electron chi connectivity index (χ2n) is 6.29. The molecule has 0 fully saturated rings. The molecule has 2 aromatic heterocycles. The van der Waals surface area contributed by atoms with Gasteiger partial charge in [0.15, 0.2) is 0 Å². The predicted octanol–water partition coefficient (Wildman–Crippen LogP) is 2.39. The highest BCUT2D eigenvalue weighted by Gasteiger charge is 2.12. The highest BCUT2D eigenvalue weighted by molar-refractivity contribution is 5.98. The smallest absolute Gasteiger partial charge is 0.270 e.